The third-order valence-corrected chi connectivity index (χ3v) is 5.58. The third kappa shape index (κ3) is 2.95. The number of aromatic nitrogens is 3. The zero-order valence-electron chi connectivity index (χ0n) is 14.9. The molecule has 0 unspecified atom stereocenters. The molecule has 0 radical (unpaired) electrons. The molecular formula is C19H25N5O. The van der Waals surface area contributed by atoms with E-state index < -0.39 is 0 Å². The molecule has 2 aliphatic heterocycles. The van der Waals surface area contributed by atoms with Crippen LogP contribution in [-0.2, 0) is 7.05 Å². The second-order valence-corrected chi connectivity index (χ2v) is 7.21. The summed E-state index contributed by atoms with van der Waals surface area (Å²) in [4.78, 5) is 22.0. The lowest BCUT2D eigenvalue weighted by Gasteiger charge is -2.33. The lowest BCUT2D eigenvalue weighted by atomic mass is 10.0. The quantitative estimate of drug-likeness (QED) is 0.860. The van der Waals surface area contributed by atoms with Crippen molar-refractivity contribution in [2.24, 2.45) is 7.05 Å². The Morgan fingerprint density at radius 2 is 1.96 bits per heavy atom. The fraction of sp³-hybridized carbons (Fsp3) is 0.526. The largest absolute Gasteiger partial charge is 0.334 e. The van der Waals surface area contributed by atoms with Crippen molar-refractivity contribution in [2.75, 3.05) is 20.1 Å². The second kappa shape index (κ2) is 6.59. The van der Waals surface area contributed by atoms with Gasteiger partial charge in [-0.05, 0) is 51.4 Å². The van der Waals surface area contributed by atoms with Gasteiger partial charge < -0.3 is 9.80 Å². The van der Waals surface area contributed by atoms with Crippen LogP contribution in [0.3, 0.4) is 0 Å². The first-order valence-electron chi connectivity index (χ1n) is 9.10. The van der Waals surface area contributed by atoms with Crippen molar-refractivity contribution in [1.82, 2.24) is 24.6 Å². The van der Waals surface area contributed by atoms with Crippen LogP contribution in [0.15, 0.2) is 30.7 Å². The van der Waals surface area contributed by atoms with Gasteiger partial charge in [-0.25, -0.2) is 0 Å². The first-order valence-corrected chi connectivity index (χ1v) is 9.10. The average molecular weight is 339 g/mol. The van der Waals surface area contributed by atoms with E-state index in [1.807, 2.05) is 25.4 Å². The van der Waals surface area contributed by atoms with Gasteiger partial charge >= 0.3 is 0 Å². The zero-order chi connectivity index (χ0) is 17.4. The molecule has 0 bridgehead atoms. The van der Waals surface area contributed by atoms with Crippen LogP contribution in [-0.4, -0.2) is 62.7 Å². The molecule has 2 aliphatic rings. The Morgan fingerprint density at radius 1 is 1.16 bits per heavy atom. The maximum absolute atomic E-state index is 13.4. The van der Waals surface area contributed by atoms with Crippen LogP contribution in [0.25, 0.3) is 11.3 Å². The predicted octanol–water partition coefficient (Wildman–Crippen LogP) is 2.18. The molecule has 2 saturated heterocycles. The Kier molecular flexibility index (Phi) is 4.29. The van der Waals surface area contributed by atoms with Gasteiger partial charge in [-0.15, -0.1) is 0 Å². The molecule has 6 heteroatoms. The molecule has 2 aromatic rings. The van der Waals surface area contributed by atoms with Crippen molar-refractivity contribution in [2.45, 2.75) is 37.8 Å². The summed E-state index contributed by atoms with van der Waals surface area (Å²) in [6.07, 6.45) is 9.96. The molecule has 0 aliphatic carbocycles. The topological polar surface area (TPSA) is 54.3 Å². The van der Waals surface area contributed by atoms with Crippen molar-refractivity contribution < 1.29 is 4.79 Å². The van der Waals surface area contributed by atoms with Gasteiger partial charge in [0, 0.05) is 49.8 Å². The van der Waals surface area contributed by atoms with Crippen LogP contribution in [0.1, 0.15) is 36.0 Å². The summed E-state index contributed by atoms with van der Waals surface area (Å²) in [5.41, 5.74) is 2.30. The van der Waals surface area contributed by atoms with Crippen LogP contribution >= 0.6 is 0 Å². The van der Waals surface area contributed by atoms with Crippen LogP contribution in [0.4, 0.5) is 0 Å². The number of nitrogens with zero attached hydrogens (tertiary/aromatic N) is 5. The van der Waals surface area contributed by atoms with Crippen LogP contribution in [0.2, 0.25) is 0 Å². The monoisotopic (exact) mass is 339 g/mol. The fourth-order valence-electron chi connectivity index (χ4n) is 4.38. The normalized spacial score (nSPS) is 24.2. The number of pyridine rings is 1. The predicted molar refractivity (Wildman–Crippen MR) is 96.1 cm³/mol. The number of hydrogen-bond donors (Lipinski definition) is 0. The lowest BCUT2D eigenvalue weighted by Crippen LogP contribution is -2.47. The molecule has 0 saturated carbocycles. The van der Waals surface area contributed by atoms with Crippen LogP contribution in [0.5, 0.6) is 0 Å². The standard InChI is InChI=1S/C19H25N5O/c1-22-10-4-7-16(22)17-8-5-11-24(17)19(25)15-13-23(2)21-18(15)14-6-3-9-20-12-14/h3,6,9,12-13,16-17H,4-5,7-8,10-11H2,1-2H3/t16-,17-/m0/s1. The minimum Gasteiger partial charge on any atom is -0.334 e. The van der Waals surface area contributed by atoms with Crippen molar-refractivity contribution in [3.05, 3.63) is 36.3 Å². The summed E-state index contributed by atoms with van der Waals surface area (Å²) in [5, 5.41) is 4.53. The lowest BCUT2D eigenvalue weighted by molar-refractivity contribution is 0.0665. The highest BCUT2D eigenvalue weighted by Crippen LogP contribution is 2.31. The number of amides is 1. The smallest absolute Gasteiger partial charge is 0.258 e. The number of aryl methyl sites for hydroxylation is 1. The Morgan fingerprint density at radius 3 is 2.68 bits per heavy atom. The summed E-state index contributed by atoms with van der Waals surface area (Å²) in [5.74, 6) is 0.106. The van der Waals surface area contributed by atoms with E-state index in [0.717, 1.165) is 37.2 Å². The zero-order valence-corrected chi connectivity index (χ0v) is 14.9. The summed E-state index contributed by atoms with van der Waals surface area (Å²) < 4.78 is 1.72. The number of likely N-dealkylation sites (tertiary alicyclic amines) is 2. The van der Waals surface area contributed by atoms with Gasteiger partial charge in [-0.3, -0.25) is 14.5 Å². The minimum absolute atomic E-state index is 0.106. The molecule has 6 nitrogen and oxygen atoms in total. The molecule has 25 heavy (non-hydrogen) atoms. The van der Waals surface area contributed by atoms with Gasteiger partial charge in [0.1, 0.15) is 5.69 Å². The Bertz CT molecular complexity index is 756. The molecule has 0 aromatic carbocycles. The first-order chi connectivity index (χ1) is 12.1. The average Bonchev–Trinajstić information content (AvgIpc) is 3.34. The fourth-order valence-corrected chi connectivity index (χ4v) is 4.38. The molecule has 2 aromatic heterocycles. The molecule has 0 spiro atoms. The van der Waals surface area contributed by atoms with E-state index in [2.05, 4.69) is 26.9 Å². The summed E-state index contributed by atoms with van der Waals surface area (Å²) in [6.45, 7) is 1.98. The van der Waals surface area contributed by atoms with Gasteiger partial charge in [0.2, 0.25) is 0 Å². The van der Waals surface area contributed by atoms with Crippen LogP contribution in [0, 0.1) is 0 Å². The van der Waals surface area contributed by atoms with Gasteiger partial charge in [0.15, 0.2) is 0 Å². The third-order valence-electron chi connectivity index (χ3n) is 5.58. The van der Waals surface area contributed by atoms with E-state index >= 15 is 0 Å². The minimum atomic E-state index is 0.106. The second-order valence-electron chi connectivity index (χ2n) is 7.21. The van der Waals surface area contributed by atoms with Gasteiger partial charge in [-0.1, -0.05) is 0 Å². The number of rotatable bonds is 3. The summed E-state index contributed by atoms with van der Waals surface area (Å²) in [6, 6.07) is 4.65. The van der Waals surface area contributed by atoms with Crippen molar-refractivity contribution in [3.63, 3.8) is 0 Å². The summed E-state index contributed by atoms with van der Waals surface area (Å²) in [7, 11) is 4.05. The molecule has 0 N–H and O–H groups in total. The molecule has 2 atom stereocenters. The number of hydrogen-bond acceptors (Lipinski definition) is 4. The van der Waals surface area contributed by atoms with Crippen molar-refractivity contribution in [1.29, 1.82) is 0 Å². The van der Waals surface area contributed by atoms with Crippen molar-refractivity contribution in [3.8, 4) is 11.3 Å². The summed E-state index contributed by atoms with van der Waals surface area (Å²) >= 11 is 0. The molecule has 1 amide bonds. The number of likely N-dealkylation sites (N-methyl/N-ethyl adjacent to an activating group) is 1. The van der Waals surface area contributed by atoms with E-state index in [-0.39, 0.29) is 5.91 Å². The maximum Gasteiger partial charge on any atom is 0.258 e. The maximum atomic E-state index is 13.4. The number of carbonyl (C=O) groups is 1. The molecular weight excluding hydrogens is 314 g/mol. The molecule has 132 valence electrons. The molecule has 2 fully saturated rings. The number of carbonyl (C=O) groups excluding carboxylic acids is 1. The highest BCUT2D eigenvalue weighted by molar-refractivity contribution is 6.00. The Hall–Kier alpha value is -2.21. The van der Waals surface area contributed by atoms with Gasteiger partial charge in [0.25, 0.3) is 5.91 Å². The van der Waals surface area contributed by atoms with E-state index in [9.17, 15) is 4.79 Å². The van der Waals surface area contributed by atoms with Gasteiger partial charge in [0.05, 0.1) is 5.56 Å². The highest BCUT2D eigenvalue weighted by atomic mass is 16.2. The molecule has 4 heterocycles. The Labute approximate surface area is 148 Å². The van der Waals surface area contributed by atoms with Gasteiger partial charge in [-0.2, -0.15) is 5.10 Å². The molecule has 4 rings (SSSR count). The highest BCUT2D eigenvalue weighted by Gasteiger charge is 2.39. The first kappa shape index (κ1) is 16.3. The van der Waals surface area contributed by atoms with E-state index in [1.165, 1.54) is 12.8 Å². The van der Waals surface area contributed by atoms with E-state index in [4.69, 9.17) is 0 Å². The van der Waals surface area contributed by atoms with Crippen molar-refractivity contribution >= 4 is 5.91 Å². The SMILES string of the molecule is CN1CCC[C@H]1[C@@H]1CCCN1C(=O)c1cn(C)nc1-c1cccnc1. The Balaban J connectivity index is 1.65. The van der Waals surface area contributed by atoms with E-state index in [1.54, 1.807) is 17.1 Å². The van der Waals surface area contributed by atoms with Crippen LogP contribution < -0.4 is 0 Å². The van der Waals surface area contributed by atoms with E-state index in [0.29, 0.717) is 17.6 Å².